The molecule has 7 heteroatoms. The van der Waals surface area contributed by atoms with Crippen LogP contribution in [0.25, 0.3) is 0 Å². The Morgan fingerprint density at radius 2 is 1.33 bits per heavy atom. The third-order valence-electron chi connectivity index (χ3n) is 3.05. The Kier molecular flexibility index (Phi) is 4.24. The number of nitro benzene ring substituents is 2. The van der Waals surface area contributed by atoms with Crippen LogP contribution in [0.1, 0.15) is 16.7 Å². The fourth-order valence-corrected chi connectivity index (χ4v) is 1.98. The third-order valence-corrected chi connectivity index (χ3v) is 3.05. The number of hydrogen-bond acceptors (Lipinski definition) is 5. The van der Waals surface area contributed by atoms with E-state index in [-0.39, 0.29) is 6.61 Å². The van der Waals surface area contributed by atoms with Gasteiger partial charge in [0.25, 0.3) is 0 Å². The summed E-state index contributed by atoms with van der Waals surface area (Å²) in [6.45, 7) is -0.0523. The molecule has 0 fully saturated rings. The molecular weight excluding hydrogens is 276 g/mol. The second-order valence-electron chi connectivity index (χ2n) is 4.49. The normalized spacial score (nSPS) is 10.3. The fraction of sp³-hybridized carbons (Fsp3) is 0.143. The van der Waals surface area contributed by atoms with Crippen molar-refractivity contribution >= 4 is 11.4 Å². The molecule has 1 N–H and O–H groups in total. The van der Waals surface area contributed by atoms with Gasteiger partial charge in [-0.15, -0.1) is 0 Å². The van der Waals surface area contributed by atoms with Crippen molar-refractivity contribution in [1.29, 1.82) is 0 Å². The van der Waals surface area contributed by atoms with Gasteiger partial charge in [0.05, 0.1) is 16.5 Å². The van der Waals surface area contributed by atoms with Crippen molar-refractivity contribution in [2.45, 2.75) is 13.0 Å². The molecule has 21 heavy (non-hydrogen) atoms. The zero-order valence-corrected chi connectivity index (χ0v) is 10.9. The highest BCUT2D eigenvalue weighted by molar-refractivity contribution is 5.54. The van der Waals surface area contributed by atoms with Crippen LogP contribution < -0.4 is 0 Å². The Morgan fingerprint density at radius 3 is 1.86 bits per heavy atom. The maximum atomic E-state index is 10.9. The van der Waals surface area contributed by atoms with Crippen molar-refractivity contribution in [2.24, 2.45) is 0 Å². The highest BCUT2D eigenvalue weighted by atomic mass is 16.6. The molecule has 108 valence electrons. The topological polar surface area (TPSA) is 107 Å². The van der Waals surface area contributed by atoms with Gasteiger partial charge in [0.15, 0.2) is 0 Å². The highest BCUT2D eigenvalue weighted by Crippen LogP contribution is 2.28. The molecule has 0 saturated carbocycles. The molecule has 0 unspecified atom stereocenters. The van der Waals surface area contributed by atoms with Gasteiger partial charge in [-0.05, 0) is 23.1 Å². The summed E-state index contributed by atoms with van der Waals surface area (Å²) < 4.78 is 0. The first-order chi connectivity index (χ1) is 10.0. The second-order valence-corrected chi connectivity index (χ2v) is 4.49. The molecule has 0 aliphatic heterocycles. The van der Waals surface area contributed by atoms with Crippen LogP contribution in [0.15, 0.2) is 42.5 Å². The van der Waals surface area contributed by atoms with Crippen molar-refractivity contribution in [3.05, 3.63) is 79.4 Å². The monoisotopic (exact) mass is 288 g/mol. The number of benzene rings is 2. The van der Waals surface area contributed by atoms with Gasteiger partial charge in [-0.1, -0.05) is 30.3 Å². The van der Waals surface area contributed by atoms with E-state index in [1.807, 2.05) is 0 Å². The van der Waals surface area contributed by atoms with Gasteiger partial charge in [0.2, 0.25) is 0 Å². The Morgan fingerprint density at radius 1 is 0.810 bits per heavy atom. The van der Waals surface area contributed by atoms with Crippen LogP contribution in [0.3, 0.4) is 0 Å². The lowest BCUT2D eigenvalue weighted by Crippen LogP contribution is -1.98. The van der Waals surface area contributed by atoms with Crippen LogP contribution in [0.5, 0.6) is 0 Å². The van der Waals surface area contributed by atoms with Crippen LogP contribution >= 0.6 is 0 Å². The Hall–Kier alpha value is -2.80. The summed E-state index contributed by atoms with van der Waals surface area (Å²) in [7, 11) is 0. The second kappa shape index (κ2) is 6.10. The van der Waals surface area contributed by atoms with E-state index in [1.54, 1.807) is 24.3 Å². The van der Waals surface area contributed by atoms with E-state index in [2.05, 4.69) is 0 Å². The average Bonchev–Trinajstić information content (AvgIpc) is 2.47. The minimum Gasteiger partial charge on any atom is -0.392 e. The molecule has 0 atom stereocenters. The molecule has 0 aliphatic rings. The van der Waals surface area contributed by atoms with Crippen LogP contribution in [-0.4, -0.2) is 15.0 Å². The quantitative estimate of drug-likeness (QED) is 0.672. The molecule has 2 aromatic rings. The Bertz CT molecular complexity index is 682. The summed E-state index contributed by atoms with van der Waals surface area (Å²) >= 11 is 0. The minimum absolute atomic E-state index is 0.0523. The number of nitro groups is 2. The molecule has 0 radical (unpaired) electrons. The standard InChI is InChI=1S/C14H12N2O5/c17-9-11-3-1-10(2-4-11)7-12-5-6-13(15(18)19)14(8-12)16(20)21/h1-6,8,17H,7,9H2. The highest BCUT2D eigenvalue weighted by Gasteiger charge is 2.23. The van der Waals surface area contributed by atoms with Gasteiger partial charge in [-0.25, -0.2) is 0 Å². The van der Waals surface area contributed by atoms with E-state index in [0.717, 1.165) is 17.2 Å². The van der Waals surface area contributed by atoms with Crippen molar-refractivity contribution in [3.8, 4) is 0 Å². The van der Waals surface area contributed by atoms with E-state index < -0.39 is 21.2 Å². The van der Waals surface area contributed by atoms with E-state index in [0.29, 0.717) is 12.0 Å². The molecule has 7 nitrogen and oxygen atoms in total. The lowest BCUT2D eigenvalue weighted by molar-refractivity contribution is -0.422. The van der Waals surface area contributed by atoms with Crippen LogP contribution in [0, 0.1) is 20.2 Å². The predicted octanol–water partition coefficient (Wildman–Crippen LogP) is 2.59. The number of aliphatic hydroxyl groups is 1. The third kappa shape index (κ3) is 3.40. The number of nitrogens with zero attached hydrogens (tertiary/aromatic N) is 2. The first-order valence-electron chi connectivity index (χ1n) is 6.11. The van der Waals surface area contributed by atoms with Crippen molar-refractivity contribution < 1.29 is 15.0 Å². The van der Waals surface area contributed by atoms with Crippen molar-refractivity contribution in [1.82, 2.24) is 0 Å². The van der Waals surface area contributed by atoms with Gasteiger partial charge in [-0.3, -0.25) is 20.2 Å². The molecular formula is C14H12N2O5. The molecule has 0 aliphatic carbocycles. The van der Waals surface area contributed by atoms with Gasteiger partial charge < -0.3 is 5.11 Å². The van der Waals surface area contributed by atoms with E-state index in [4.69, 9.17) is 5.11 Å². The molecule has 0 bridgehead atoms. The molecule has 0 spiro atoms. The minimum atomic E-state index is -0.766. The molecule has 0 heterocycles. The summed E-state index contributed by atoms with van der Waals surface area (Å²) in [6, 6.07) is 11.0. The maximum absolute atomic E-state index is 10.9. The smallest absolute Gasteiger partial charge is 0.346 e. The van der Waals surface area contributed by atoms with Gasteiger partial charge in [-0.2, -0.15) is 0 Å². The van der Waals surface area contributed by atoms with Crippen LogP contribution in [-0.2, 0) is 13.0 Å². The summed E-state index contributed by atoms with van der Waals surface area (Å²) in [6.07, 6.45) is 0.421. The lowest BCUT2D eigenvalue weighted by atomic mass is 10.0. The molecule has 0 aromatic heterocycles. The van der Waals surface area contributed by atoms with E-state index in [9.17, 15) is 20.2 Å². The largest absolute Gasteiger partial charge is 0.392 e. The Balaban J connectivity index is 2.29. The number of rotatable bonds is 5. The van der Waals surface area contributed by atoms with Crippen molar-refractivity contribution in [3.63, 3.8) is 0 Å². The molecule has 2 rings (SSSR count). The fourth-order valence-electron chi connectivity index (χ4n) is 1.98. The Labute approximate surface area is 119 Å². The predicted molar refractivity (Wildman–Crippen MR) is 74.9 cm³/mol. The first kappa shape index (κ1) is 14.6. The summed E-state index contributed by atoms with van der Waals surface area (Å²) in [5.74, 6) is 0. The summed E-state index contributed by atoms with van der Waals surface area (Å²) in [4.78, 5) is 20.1. The van der Waals surface area contributed by atoms with Gasteiger partial charge in [0, 0.05) is 12.1 Å². The number of hydrogen-bond donors (Lipinski definition) is 1. The zero-order chi connectivity index (χ0) is 15.4. The lowest BCUT2D eigenvalue weighted by Gasteiger charge is -2.04. The van der Waals surface area contributed by atoms with Gasteiger partial charge >= 0.3 is 11.4 Å². The van der Waals surface area contributed by atoms with E-state index in [1.165, 1.54) is 12.1 Å². The molecule has 2 aromatic carbocycles. The first-order valence-corrected chi connectivity index (χ1v) is 6.11. The molecule has 0 saturated heterocycles. The number of aliphatic hydroxyl groups excluding tert-OH is 1. The van der Waals surface area contributed by atoms with Crippen LogP contribution in [0.2, 0.25) is 0 Å². The summed E-state index contributed by atoms with van der Waals surface area (Å²) in [5.41, 5.74) is 1.26. The van der Waals surface area contributed by atoms with Gasteiger partial charge in [0.1, 0.15) is 0 Å². The van der Waals surface area contributed by atoms with E-state index >= 15 is 0 Å². The zero-order valence-electron chi connectivity index (χ0n) is 10.9. The SMILES string of the molecule is O=[N+]([O-])c1ccc(Cc2ccc(CO)cc2)cc1[N+](=O)[O-]. The molecule has 0 amide bonds. The van der Waals surface area contributed by atoms with Crippen molar-refractivity contribution in [2.75, 3.05) is 0 Å². The average molecular weight is 288 g/mol. The summed E-state index contributed by atoms with van der Waals surface area (Å²) in [5, 5.41) is 30.6. The maximum Gasteiger partial charge on any atom is 0.346 e. The van der Waals surface area contributed by atoms with Crippen LogP contribution in [0.4, 0.5) is 11.4 Å².